The molecule has 0 aliphatic heterocycles. The van der Waals surface area contributed by atoms with Crippen LogP contribution in [-0.2, 0) is 26.6 Å². The Bertz CT molecular complexity index is 1060. The SMILES string of the molecule is Cn1ccc2ccn(Cc3cn(CCc4ccccc4)nn3)c(=O)c21. The van der Waals surface area contributed by atoms with Crippen LogP contribution in [0, 0.1) is 0 Å². The van der Waals surface area contributed by atoms with Crippen LogP contribution >= 0.6 is 0 Å². The molecule has 0 saturated heterocycles. The van der Waals surface area contributed by atoms with Gasteiger partial charge in [0.1, 0.15) is 11.2 Å². The predicted molar refractivity (Wildman–Crippen MR) is 96.4 cm³/mol. The van der Waals surface area contributed by atoms with Gasteiger partial charge in [0.2, 0.25) is 0 Å². The molecule has 4 rings (SSSR count). The highest BCUT2D eigenvalue weighted by Crippen LogP contribution is 2.10. The fraction of sp³-hybridized carbons (Fsp3) is 0.211. The standard InChI is InChI=1S/C19H19N5O/c1-22-10-8-16-9-11-23(19(25)18(16)22)13-17-14-24(21-20-17)12-7-15-5-3-2-4-6-15/h2-6,8-11,14H,7,12-13H2,1H3. The first-order valence-electron chi connectivity index (χ1n) is 8.28. The molecule has 0 aliphatic rings. The van der Waals surface area contributed by atoms with E-state index >= 15 is 0 Å². The second-order valence-corrected chi connectivity index (χ2v) is 6.19. The average molecular weight is 333 g/mol. The molecule has 0 N–H and O–H groups in total. The van der Waals surface area contributed by atoms with Crippen LogP contribution in [-0.4, -0.2) is 24.1 Å². The Morgan fingerprint density at radius 3 is 2.68 bits per heavy atom. The number of aromatic nitrogens is 5. The van der Waals surface area contributed by atoms with Crippen molar-refractivity contribution >= 4 is 10.9 Å². The Morgan fingerprint density at radius 1 is 1.04 bits per heavy atom. The lowest BCUT2D eigenvalue weighted by Crippen LogP contribution is -2.21. The van der Waals surface area contributed by atoms with Crippen LogP contribution in [0.4, 0.5) is 0 Å². The molecule has 0 atom stereocenters. The van der Waals surface area contributed by atoms with Gasteiger partial charge in [-0.3, -0.25) is 9.48 Å². The molecule has 0 aliphatic carbocycles. The summed E-state index contributed by atoms with van der Waals surface area (Å²) >= 11 is 0. The third-order valence-corrected chi connectivity index (χ3v) is 4.39. The van der Waals surface area contributed by atoms with E-state index < -0.39 is 0 Å². The van der Waals surface area contributed by atoms with Gasteiger partial charge in [0.25, 0.3) is 5.56 Å². The van der Waals surface area contributed by atoms with Crippen LogP contribution in [0.5, 0.6) is 0 Å². The molecule has 0 radical (unpaired) electrons. The van der Waals surface area contributed by atoms with E-state index in [1.165, 1.54) is 5.56 Å². The van der Waals surface area contributed by atoms with Crippen LogP contribution in [0.3, 0.4) is 0 Å². The molecule has 0 amide bonds. The Morgan fingerprint density at radius 2 is 1.84 bits per heavy atom. The maximum atomic E-state index is 12.6. The highest BCUT2D eigenvalue weighted by atomic mass is 16.1. The molecule has 3 aromatic heterocycles. The average Bonchev–Trinajstić information content (AvgIpc) is 3.23. The van der Waals surface area contributed by atoms with Crippen LogP contribution < -0.4 is 5.56 Å². The summed E-state index contributed by atoms with van der Waals surface area (Å²) < 4.78 is 5.35. The molecule has 6 nitrogen and oxygen atoms in total. The fourth-order valence-electron chi connectivity index (χ4n) is 3.04. The largest absolute Gasteiger partial charge is 0.346 e. The summed E-state index contributed by atoms with van der Waals surface area (Å²) in [5.74, 6) is 0. The summed E-state index contributed by atoms with van der Waals surface area (Å²) in [5, 5.41) is 9.33. The second-order valence-electron chi connectivity index (χ2n) is 6.19. The molecule has 3 heterocycles. The summed E-state index contributed by atoms with van der Waals surface area (Å²) in [5.41, 5.74) is 2.75. The summed E-state index contributed by atoms with van der Waals surface area (Å²) in [6.45, 7) is 1.19. The number of benzene rings is 1. The van der Waals surface area contributed by atoms with Crippen molar-refractivity contribution in [1.29, 1.82) is 0 Å². The number of fused-ring (bicyclic) bond motifs is 1. The molecule has 0 fully saturated rings. The van der Waals surface area contributed by atoms with Gasteiger partial charge in [0, 0.05) is 31.4 Å². The summed E-state index contributed by atoms with van der Waals surface area (Å²) in [6.07, 6.45) is 6.52. The Labute approximate surface area is 144 Å². The van der Waals surface area contributed by atoms with E-state index in [9.17, 15) is 4.79 Å². The van der Waals surface area contributed by atoms with E-state index in [1.54, 1.807) is 4.57 Å². The smallest absolute Gasteiger partial charge is 0.275 e. The van der Waals surface area contributed by atoms with Gasteiger partial charge < -0.3 is 9.13 Å². The summed E-state index contributed by atoms with van der Waals surface area (Å²) in [4.78, 5) is 12.6. The first-order chi connectivity index (χ1) is 12.2. The van der Waals surface area contributed by atoms with Crippen molar-refractivity contribution in [3.8, 4) is 0 Å². The second kappa shape index (κ2) is 6.39. The third kappa shape index (κ3) is 3.10. The van der Waals surface area contributed by atoms with Crippen molar-refractivity contribution in [2.45, 2.75) is 19.5 Å². The van der Waals surface area contributed by atoms with Gasteiger partial charge >= 0.3 is 0 Å². The van der Waals surface area contributed by atoms with E-state index in [2.05, 4.69) is 22.4 Å². The monoisotopic (exact) mass is 333 g/mol. The minimum absolute atomic E-state index is 0.0103. The van der Waals surface area contributed by atoms with Crippen molar-refractivity contribution < 1.29 is 0 Å². The molecular formula is C19H19N5O. The lowest BCUT2D eigenvalue weighted by atomic mass is 10.1. The number of rotatable bonds is 5. The normalized spacial score (nSPS) is 11.2. The van der Waals surface area contributed by atoms with Crippen molar-refractivity contribution in [3.05, 3.63) is 82.7 Å². The number of nitrogens with zero attached hydrogens (tertiary/aromatic N) is 5. The molecule has 0 unspecified atom stereocenters. The Balaban J connectivity index is 1.50. The lowest BCUT2D eigenvalue weighted by molar-refractivity contribution is 0.589. The maximum Gasteiger partial charge on any atom is 0.275 e. The molecule has 0 bridgehead atoms. The van der Waals surface area contributed by atoms with Crippen LogP contribution in [0.25, 0.3) is 10.9 Å². The zero-order valence-electron chi connectivity index (χ0n) is 14.0. The van der Waals surface area contributed by atoms with Gasteiger partial charge in [-0.05, 0) is 24.1 Å². The van der Waals surface area contributed by atoms with Crippen molar-refractivity contribution in [3.63, 3.8) is 0 Å². The molecular weight excluding hydrogens is 314 g/mol. The van der Waals surface area contributed by atoms with E-state index in [0.29, 0.717) is 12.1 Å². The third-order valence-electron chi connectivity index (χ3n) is 4.39. The minimum atomic E-state index is -0.0103. The van der Waals surface area contributed by atoms with Crippen LogP contribution in [0.2, 0.25) is 0 Å². The number of pyridine rings is 1. The van der Waals surface area contributed by atoms with E-state index in [1.807, 2.05) is 65.2 Å². The zero-order chi connectivity index (χ0) is 17.2. The van der Waals surface area contributed by atoms with E-state index in [-0.39, 0.29) is 5.56 Å². The molecule has 0 spiro atoms. The first kappa shape index (κ1) is 15.4. The molecule has 6 heteroatoms. The highest BCUT2D eigenvalue weighted by molar-refractivity contribution is 5.78. The van der Waals surface area contributed by atoms with E-state index in [0.717, 1.165) is 24.0 Å². The van der Waals surface area contributed by atoms with Crippen molar-refractivity contribution in [2.24, 2.45) is 7.05 Å². The Kier molecular flexibility index (Phi) is 3.93. The number of aryl methyl sites for hydroxylation is 3. The Hall–Kier alpha value is -3.15. The molecule has 126 valence electrons. The topological polar surface area (TPSA) is 57.6 Å². The van der Waals surface area contributed by atoms with Gasteiger partial charge in [-0.1, -0.05) is 35.5 Å². The quantitative estimate of drug-likeness (QED) is 0.563. The number of hydrogen-bond donors (Lipinski definition) is 0. The number of hydrogen-bond acceptors (Lipinski definition) is 3. The van der Waals surface area contributed by atoms with Gasteiger partial charge in [-0.2, -0.15) is 0 Å². The van der Waals surface area contributed by atoms with Gasteiger partial charge in [0.05, 0.1) is 12.7 Å². The van der Waals surface area contributed by atoms with Gasteiger partial charge in [-0.25, -0.2) is 0 Å². The highest BCUT2D eigenvalue weighted by Gasteiger charge is 2.08. The minimum Gasteiger partial charge on any atom is -0.346 e. The summed E-state index contributed by atoms with van der Waals surface area (Å²) in [6, 6.07) is 14.2. The van der Waals surface area contributed by atoms with Gasteiger partial charge in [-0.15, -0.1) is 5.10 Å². The van der Waals surface area contributed by atoms with Crippen molar-refractivity contribution in [1.82, 2.24) is 24.1 Å². The lowest BCUT2D eigenvalue weighted by Gasteiger charge is -2.04. The van der Waals surface area contributed by atoms with E-state index in [4.69, 9.17) is 0 Å². The maximum absolute atomic E-state index is 12.6. The molecule has 25 heavy (non-hydrogen) atoms. The molecule has 1 aromatic carbocycles. The summed E-state index contributed by atoms with van der Waals surface area (Å²) in [7, 11) is 1.88. The van der Waals surface area contributed by atoms with Crippen molar-refractivity contribution in [2.75, 3.05) is 0 Å². The molecule has 4 aromatic rings. The predicted octanol–water partition coefficient (Wildman–Crippen LogP) is 2.22. The van der Waals surface area contributed by atoms with Crippen LogP contribution in [0.1, 0.15) is 11.3 Å². The molecule has 0 saturated carbocycles. The fourth-order valence-corrected chi connectivity index (χ4v) is 3.04. The van der Waals surface area contributed by atoms with Crippen LogP contribution in [0.15, 0.2) is 65.8 Å². The van der Waals surface area contributed by atoms with Gasteiger partial charge in [0.15, 0.2) is 0 Å². The zero-order valence-corrected chi connectivity index (χ0v) is 14.0. The first-order valence-corrected chi connectivity index (χ1v) is 8.28.